The van der Waals surface area contributed by atoms with Crippen LogP contribution in [0.4, 0.5) is 4.39 Å². The van der Waals surface area contributed by atoms with Crippen LogP contribution in [0.15, 0.2) is 6.07 Å². The van der Waals surface area contributed by atoms with Gasteiger partial charge in [0.15, 0.2) is 0 Å². The Bertz CT molecular complexity index is 548. The Morgan fingerprint density at radius 1 is 1.46 bits per heavy atom. The van der Waals surface area contributed by atoms with Gasteiger partial charge in [-0.05, 0) is 44.7 Å². The van der Waals surface area contributed by atoms with Crippen LogP contribution in [0.3, 0.4) is 0 Å². The van der Waals surface area contributed by atoms with Gasteiger partial charge in [-0.3, -0.25) is 4.79 Å². The number of aryl methyl sites for hydroxylation is 1. The third-order valence-electron chi connectivity index (χ3n) is 4.12. The van der Waals surface area contributed by atoms with Gasteiger partial charge in [0.25, 0.3) is 0 Å². The molecule has 0 spiro atoms. The maximum atomic E-state index is 14.2. The normalized spacial score (nSPS) is 17.0. The monoisotopic (exact) mass is 339 g/mol. The minimum atomic E-state index is -0.364. The number of methoxy groups -OCH3 is 2. The van der Waals surface area contributed by atoms with E-state index in [1.54, 1.807) is 7.11 Å². The van der Waals surface area contributed by atoms with Gasteiger partial charge in [0, 0.05) is 25.8 Å². The Morgan fingerprint density at radius 2 is 2.29 bits per heavy atom. The van der Waals surface area contributed by atoms with Gasteiger partial charge >= 0.3 is 0 Å². The van der Waals surface area contributed by atoms with E-state index in [0.29, 0.717) is 30.2 Å². The summed E-state index contributed by atoms with van der Waals surface area (Å²) in [6, 6.07) is 1.24. The Kier molecular flexibility index (Phi) is 7.39. The van der Waals surface area contributed by atoms with E-state index in [2.05, 4.69) is 15.6 Å². The molecule has 2 N–H and O–H groups in total. The topological polar surface area (TPSA) is 72.5 Å². The Balaban J connectivity index is 1.96. The van der Waals surface area contributed by atoms with Crippen molar-refractivity contribution in [1.29, 1.82) is 0 Å². The van der Waals surface area contributed by atoms with Crippen molar-refractivity contribution >= 4 is 5.91 Å². The first-order valence-corrected chi connectivity index (χ1v) is 8.38. The molecule has 1 amide bonds. The fraction of sp³-hybridized carbons (Fsp3) is 0.647. The summed E-state index contributed by atoms with van der Waals surface area (Å²) in [5.74, 6) is -0.0760. The Hall–Kier alpha value is -1.73. The molecule has 0 aliphatic carbocycles. The molecule has 24 heavy (non-hydrogen) atoms. The second kappa shape index (κ2) is 9.54. The second-order valence-electron chi connectivity index (χ2n) is 5.90. The van der Waals surface area contributed by atoms with Crippen LogP contribution in [0.1, 0.15) is 36.9 Å². The highest BCUT2D eigenvalue weighted by Crippen LogP contribution is 2.20. The van der Waals surface area contributed by atoms with Crippen molar-refractivity contribution in [2.24, 2.45) is 0 Å². The maximum Gasteiger partial charge on any atom is 0.237 e. The average molecular weight is 339 g/mol. The number of hydrogen-bond donors (Lipinski definition) is 2. The molecule has 0 radical (unpaired) electrons. The lowest BCUT2D eigenvalue weighted by molar-refractivity contribution is -0.122. The summed E-state index contributed by atoms with van der Waals surface area (Å²) in [5, 5.41) is 5.95. The van der Waals surface area contributed by atoms with Crippen LogP contribution >= 0.6 is 0 Å². The van der Waals surface area contributed by atoms with Crippen molar-refractivity contribution in [3.63, 3.8) is 0 Å². The fourth-order valence-corrected chi connectivity index (χ4v) is 2.78. The lowest BCUT2D eigenvalue weighted by Crippen LogP contribution is -2.40. The van der Waals surface area contributed by atoms with Crippen LogP contribution in [0.5, 0.6) is 5.88 Å². The van der Waals surface area contributed by atoms with E-state index in [4.69, 9.17) is 9.47 Å². The van der Waals surface area contributed by atoms with E-state index in [1.807, 2.05) is 0 Å². The summed E-state index contributed by atoms with van der Waals surface area (Å²) < 4.78 is 24.5. The van der Waals surface area contributed by atoms with E-state index < -0.39 is 0 Å². The first-order valence-electron chi connectivity index (χ1n) is 8.38. The first-order chi connectivity index (χ1) is 11.7. The van der Waals surface area contributed by atoms with Gasteiger partial charge in [0.05, 0.1) is 18.8 Å². The quantitative estimate of drug-likeness (QED) is 0.668. The molecular weight excluding hydrogens is 313 g/mol. The number of rotatable bonds is 9. The number of carbonyl (C=O) groups excluding carboxylic acids is 1. The molecule has 1 aliphatic rings. The molecule has 0 aromatic carbocycles. The molecule has 1 aliphatic heterocycles. The van der Waals surface area contributed by atoms with Crippen LogP contribution in [0, 0.1) is 5.82 Å². The number of halogens is 1. The minimum Gasteiger partial charge on any atom is -0.481 e. The summed E-state index contributed by atoms with van der Waals surface area (Å²) in [4.78, 5) is 16.3. The molecule has 2 rings (SSSR count). The van der Waals surface area contributed by atoms with Crippen LogP contribution in [-0.4, -0.2) is 44.3 Å². The highest BCUT2D eigenvalue weighted by Gasteiger charge is 2.22. The molecule has 1 unspecified atom stereocenters. The van der Waals surface area contributed by atoms with Gasteiger partial charge in [-0.15, -0.1) is 0 Å². The summed E-state index contributed by atoms with van der Waals surface area (Å²) in [6.45, 7) is 1.71. The molecule has 1 fully saturated rings. The van der Waals surface area contributed by atoms with Gasteiger partial charge in [0.1, 0.15) is 5.82 Å². The highest BCUT2D eigenvalue weighted by atomic mass is 19.1. The van der Waals surface area contributed by atoms with Gasteiger partial charge in [-0.2, -0.15) is 0 Å². The molecular formula is C17H26FN3O3. The van der Waals surface area contributed by atoms with Gasteiger partial charge in [0.2, 0.25) is 11.8 Å². The molecule has 1 saturated heterocycles. The zero-order valence-corrected chi connectivity index (χ0v) is 14.4. The largest absolute Gasteiger partial charge is 0.481 e. The smallest absolute Gasteiger partial charge is 0.237 e. The first kappa shape index (κ1) is 18.6. The van der Waals surface area contributed by atoms with E-state index in [-0.39, 0.29) is 24.3 Å². The summed E-state index contributed by atoms with van der Waals surface area (Å²) in [7, 11) is 3.14. The van der Waals surface area contributed by atoms with Crippen LogP contribution in [0.2, 0.25) is 0 Å². The fourth-order valence-electron chi connectivity index (χ4n) is 2.78. The molecule has 1 aromatic heterocycles. The third kappa shape index (κ3) is 5.14. The van der Waals surface area contributed by atoms with E-state index in [0.717, 1.165) is 32.2 Å². The zero-order valence-electron chi connectivity index (χ0n) is 14.4. The number of nitrogens with one attached hydrogen (secondary N) is 2. The van der Waals surface area contributed by atoms with E-state index in [1.165, 1.54) is 13.2 Å². The second-order valence-corrected chi connectivity index (χ2v) is 5.90. The number of aromatic nitrogens is 1. The number of ether oxygens (including phenoxy) is 2. The van der Waals surface area contributed by atoms with Crippen molar-refractivity contribution in [3.8, 4) is 5.88 Å². The molecule has 7 heteroatoms. The standard InChI is InChI=1S/C17H26FN3O3/c1-23-9-4-3-6-14-13(18)10-12(17(21-14)24-2)11-20-16(22)15-7-5-8-19-15/h10,15,19H,3-9,11H2,1-2H3,(H,20,22). The van der Waals surface area contributed by atoms with Crippen molar-refractivity contribution in [3.05, 3.63) is 23.1 Å². The van der Waals surface area contributed by atoms with Crippen molar-refractivity contribution in [2.75, 3.05) is 27.4 Å². The number of nitrogens with zero attached hydrogens (tertiary/aromatic N) is 1. The van der Waals surface area contributed by atoms with Gasteiger partial charge < -0.3 is 20.1 Å². The lowest BCUT2D eigenvalue weighted by Gasteiger charge is -2.14. The van der Waals surface area contributed by atoms with Gasteiger partial charge in [-0.25, -0.2) is 9.37 Å². The number of hydrogen-bond acceptors (Lipinski definition) is 5. The third-order valence-corrected chi connectivity index (χ3v) is 4.12. The minimum absolute atomic E-state index is 0.0707. The highest BCUT2D eigenvalue weighted by molar-refractivity contribution is 5.82. The molecule has 1 aromatic rings. The predicted molar refractivity (Wildman–Crippen MR) is 88.4 cm³/mol. The molecule has 134 valence electrons. The lowest BCUT2D eigenvalue weighted by atomic mass is 10.1. The van der Waals surface area contributed by atoms with E-state index in [9.17, 15) is 9.18 Å². The van der Waals surface area contributed by atoms with E-state index >= 15 is 0 Å². The molecule has 0 saturated carbocycles. The molecule has 1 atom stereocenters. The summed E-state index contributed by atoms with van der Waals surface area (Å²) >= 11 is 0. The van der Waals surface area contributed by atoms with Crippen molar-refractivity contribution < 1.29 is 18.7 Å². The van der Waals surface area contributed by atoms with Crippen LogP contribution in [-0.2, 0) is 22.5 Å². The molecule has 6 nitrogen and oxygen atoms in total. The van der Waals surface area contributed by atoms with Crippen LogP contribution in [0.25, 0.3) is 0 Å². The average Bonchev–Trinajstić information content (AvgIpc) is 3.12. The number of unbranched alkanes of at least 4 members (excludes halogenated alkanes) is 1. The number of amides is 1. The predicted octanol–water partition coefficient (Wildman–Crippen LogP) is 1.57. The zero-order chi connectivity index (χ0) is 17.4. The molecule has 0 bridgehead atoms. The summed E-state index contributed by atoms with van der Waals surface area (Å²) in [6.07, 6.45) is 4.01. The number of pyridine rings is 1. The van der Waals surface area contributed by atoms with Crippen molar-refractivity contribution in [1.82, 2.24) is 15.6 Å². The number of carbonyl (C=O) groups is 1. The summed E-state index contributed by atoms with van der Waals surface area (Å²) in [5.41, 5.74) is 0.928. The van der Waals surface area contributed by atoms with Crippen LogP contribution < -0.4 is 15.4 Å². The SMILES string of the molecule is COCCCCc1nc(OC)c(CNC(=O)C2CCCN2)cc1F. The van der Waals surface area contributed by atoms with Crippen molar-refractivity contribution in [2.45, 2.75) is 44.7 Å². The Labute approximate surface area is 142 Å². The Morgan fingerprint density at radius 3 is 2.96 bits per heavy atom. The van der Waals surface area contributed by atoms with Gasteiger partial charge in [-0.1, -0.05) is 0 Å². The maximum absolute atomic E-state index is 14.2. The molecule has 2 heterocycles.